The van der Waals surface area contributed by atoms with Crippen molar-refractivity contribution < 1.29 is 19.4 Å². The summed E-state index contributed by atoms with van der Waals surface area (Å²) in [7, 11) is 0. The molecule has 5 aromatic carbocycles. The first-order chi connectivity index (χ1) is 24.9. The second kappa shape index (κ2) is 16.6. The number of aliphatic hydroxyl groups excluding tert-OH is 1. The third-order valence-electron chi connectivity index (χ3n) is 8.69. The van der Waals surface area contributed by atoms with Gasteiger partial charge in [-0.05, 0) is 75.3 Å². The summed E-state index contributed by atoms with van der Waals surface area (Å²) < 4.78 is 12.5. The van der Waals surface area contributed by atoms with Gasteiger partial charge < -0.3 is 19.9 Å². The highest BCUT2D eigenvalue weighted by atomic mass is 35.5. The molecule has 0 unspecified atom stereocenters. The summed E-state index contributed by atoms with van der Waals surface area (Å²) >= 11 is 12.6. The Morgan fingerprint density at radius 2 is 1.57 bits per heavy atom. The number of aliphatic hydroxyl groups is 1. The lowest BCUT2D eigenvalue weighted by atomic mass is 9.80. The zero-order chi connectivity index (χ0) is 35.6. The molecule has 1 aliphatic heterocycles. The molecule has 5 aromatic rings. The summed E-state index contributed by atoms with van der Waals surface area (Å²) in [6, 6.07) is 37.9. The van der Waals surface area contributed by atoms with Gasteiger partial charge in [0.15, 0.2) is 11.6 Å². The topological polar surface area (TPSA) is 129 Å². The van der Waals surface area contributed by atoms with Crippen LogP contribution in [0.3, 0.4) is 0 Å². The van der Waals surface area contributed by atoms with E-state index in [-0.39, 0.29) is 32.0 Å². The molecule has 2 atom stereocenters. The molecule has 11 heteroatoms. The molecule has 6 rings (SSSR count). The molecular formula is C40H35Cl2N5O4. The number of ether oxygens (including phenoxy) is 2. The molecule has 2 N–H and O–H groups in total. The quantitative estimate of drug-likeness (QED) is 0.0513. The molecule has 1 amide bonds. The fourth-order valence-corrected chi connectivity index (χ4v) is 6.51. The SMILES string of the molecule is [N-]=[N+]=NCc1ccccc1C[C@@]1(C(=O)NCc2ccc(Cl)cc2Cl)N=C(c2ccc(OCCCO)cc2)O[C@@H]1c1ccc(-c2ccccc2)cc1. The second-order valence-corrected chi connectivity index (χ2v) is 12.9. The predicted molar refractivity (Wildman–Crippen MR) is 200 cm³/mol. The summed E-state index contributed by atoms with van der Waals surface area (Å²) in [4.78, 5) is 22.9. The highest BCUT2D eigenvalue weighted by Crippen LogP contribution is 2.43. The summed E-state index contributed by atoms with van der Waals surface area (Å²) in [6.45, 7) is 0.652. The standard InChI is InChI=1S/C40H35Cl2N5O4/c41-34-18-15-33(36(42)23-34)25-44-39(49)40(24-31-9-4-5-10-32(31)26-45-47-43)37(29-13-11-28(12-14-29)27-7-2-1-3-8-27)51-38(46-40)30-16-19-35(20-17-30)50-22-6-21-48/h1-5,7-20,23,37,48H,6,21-22,24-26H2,(H,44,49)/t37-,40-/m1/s1. The van der Waals surface area contributed by atoms with E-state index in [4.69, 9.17) is 48.3 Å². The highest BCUT2D eigenvalue weighted by molar-refractivity contribution is 6.35. The normalized spacial score (nSPS) is 16.5. The van der Waals surface area contributed by atoms with Gasteiger partial charge in [0.25, 0.3) is 5.91 Å². The van der Waals surface area contributed by atoms with Gasteiger partial charge in [-0.25, -0.2) is 4.99 Å². The summed E-state index contributed by atoms with van der Waals surface area (Å²) in [5.41, 5.74) is 13.4. The second-order valence-electron chi connectivity index (χ2n) is 12.0. The van der Waals surface area contributed by atoms with Gasteiger partial charge in [-0.1, -0.05) is 113 Å². The van der Waals surface area contributed by atoms with Crippen LogP contribution in [-0.4, -0.2) is 35.7 Å². The lowest BCUT2D eigenvalue weighted by Crippen LogP contribution is -2.49. The Labute approximate surface area is 306 Å². The van der Waals surface area contributed by atoms with Crippen LogP contribution in [0.1, 0.15) is 40.3 Å². The Morgan fingerprint density at radius 3 is 2.27 bits per heavy atom. The molecule has 258 valence electrons. The van der Waals surface area contributed by atoms with E-state index < -0.39 is 11.6 Å². The van der Waals surface area contributed by atoms with E-state index in [1.54, 1.807) is 30.3 Å². The van der Waals surface area contributed by atoms with Crippen molar-refractivity contribution in [1.82, 2.24) is 5.32 Å². The van der Waals surface area contributed by atoms with E-state index >= 15 is 0 Å². The maximum atomic E-state index is 14.8. The smallest absolute Gasteiger partial charge is 0.252 e. The molecule has 0 spiro atoms. The van der Waals surface area contributed by atoms with E-state index in [9.17, 15) is 4.79 Å². The van der Waals surface area contributed by atoms with Crippen molar-refractivity contribution in [2.75, 3.05) is 13.2 Å². The third kappa shape index (κ3) is 8.36. The van der Waals surface area contributed by atoms with E-state index in [1.807, 2.05) is 91.0 Å². The summed E-state index contributed by atoms with van der Waals surface area (Å²) in [5, 5.41) is 17.0. The number of rotatable bonds is 14. The number of azide groups is 1. The van der Waals surface area contributed by atoms with Gasteiger partial charge in [0, 0.05) is 46.5 Å². The van der Waals surface area contributed by atoms with Crippen LogP contribution >= 0.6 is 23.2 Å². The largest absolute Gasteiger partial charge is 0.494 e. The molecule has 0 aliphatic carbocycles. The average Bonchev–Trinajstić information content (AvgIpc) is 3.55. The van der Waals surface area contributed by atoms with Crippen molar-refractivity contribution in [3.8, 4) is 16.9 Å². The van der Waals surface area contributed by atoms with Crippen LogP contribution in [0.4, 0.5) is 0 Å². The van der Waals surface area contributed by atoms with Gasteiger partial charge in [-0.3, -0.25) is 4.79 Å². The minimum Gasteiger partial charge on any atom is -0.494 e. The average molecular weight is 721 g/mol. The Balaban J connectivity index is 1.44. The van der Waals surface area contributed by atoms with Gasteiger partial charge in [0.2, 0.25) is 5.90 Å². The van der Waals surface area contributed by atoms with E-state index in [2.05, 4.69) is 15.3 Å². The Kier molecular flexibility index (Phi) is 11.6. The van der Waals surface area contributed by atoms with Crippen molar-refractivity contribution in [3.05, 3.63) is 170 Å². The molecule has 1 aliphatic rings. The monoisotopic (exact) mass is 719 g/mol. The fraction of sp³-hybridized carbons (Fsp3) is 0.200. The maximum absolute atomic E-state index is 14.8. The van der Waals surface area contributed by atoms with Gasteiger partial charge in [-0.15, -0.1) is 0 Å². The first-order valence-corrected chi connectivity index (χ1v) is 17.2. The van der Waals surface area contributed by atoms with Crippen LogP contribution < -0.4 is 10.1 Å². The van der Waals surface area contributed by atoms with Crippen LogP contribution in [-0.2, 0) is 29.0 Å². The number of carbonyl (C=O) groups is 1. The number of nitrogens with one attached hydrogen (secondary N) is 1. The Bertz CT molecular complexity index is 2050. The van der Waals surface area contributed by atoms with Crippen LogP contribution in [0.25, 0.3) is 21.6 Å². The van der Waals surface area contributed by atoms with Crippen molar-refractivity contribution in [2.24, 2.45) is 10.1 Å². The van der Waals surface area contributed by atoms with Gasteiger partial charge in [-0.2, -0.15) is 0 Å². The van der Waals surface area contributed by atoms with Crippen molar-refractivity contribution in [3.63, 3.8) is 0 Å². The minimum atomic E-state index is -1.49. The molecule has 0 saturated carbocycles. The van der Waals surface area contributed by atoms with Gasteiger partial charge >= 0.3 is 0 Å². The van der Waals surface area contributed by atoms with Crippen molar-refractivity contribution in [1.29, 1.82) is 0 Å². The fourth-order valence-electron chi connectivity index (χ4n) is 6.04. The van der Waals surface area contributed by atoms with Crippen molar-refractivity contribution in [2.45, 2.75) is 37.6 Å². The van der Waals surface area contributed by atoms with Gasteiger partial charge in [0.1, 0.15) is 5.75 Å². The Hall–Kier alpha value is -5.31. The van der Waals surface area contributed by atoms with Crippen LogP contribution in [0.15, 0.2) is 131 Å². The first kappa shape index (κ1) is 35.5. The number of halogens is 2. The zero-order valence-electron chi connectivity index (χ0n) is 27.6. The van der Waals surface area contributed by atoms with E-state index in [1.165, 1.54) is 0 Å². The minimum absolute atomic E-state index is 0.0385. The number of carbonyl (C=O) groups excluding carboxylic acids is 1. The first-order valence-electron chi connectivity index (χ1n) is 16.5. The predicted octanol–water partition coefficient (Wildman–Crippen LogP) is 9.05. The van der Waals surface area contributed by atoms with E-state index in [0.717, 1.165) is 27.8 Å². The molecule has 9 nitrogen and oxygen atoms in total. The molecule has 0 radical (unpaired) electrons. The Morgan fingerprint density at radius 1 is 0.882 bits per heavy atom. The lowest BCUT2D eigenvalue weighted by Gasteiger charge is -2.31. The molecule has 51 heavy (non-hydrogen) atoms. The van der Waals surface area contributed by atoms with E-state index in [0.29, 0.717) is 45.8 Å². The van der Waals surface area contributed by atoms with Crippen LogP contribution in [0.5, 0.6) is 5.75 Å². The number of benzene rings is 5. The zero-order valence-corrected chi connectivity index (χ0v) is 29.1. The number of nitrogens with zero attached hydrogens (tertiary/aromatic N) is 4. The summed E-state index contributed by atoms with van der Waals surface area (Å²) in [5.74, 6) is 0.555. The number of amides is 1. The summed E-state index contributed by atoms with van der Waals surface area (Å²) in [6.07, 6.45) is -0.185. The van der Waals surface area contributed by atoms with Crippen LogP contribution in [0.2, 0.25) is 10.0 Å². The third-order valence-corrected chi connectivity index (χ3v) is 9.27. The molecule has 0 saturated heterocycles. The molecule has 0 bridgehead atoms. The maximum Gasteiger partial charge on any atom is 0.252 e. The molecule has 1 heterocycles. The lowest BCUT2D eigenvalue weighted by molar-refractivity contribution is -0.129. The highest BCUT2D eigenvalue weighted by Gasteiger charge is 2.53. The number of aliphatic imine (C=N–C) groups is 1. The number of hydrogen-bond acceptors (Lipinski definition) is 6. The van der Waals surface area contributed by atoms with Crippen molar-refractivity contribution >= 4 is 35.0 Å². The molecular weight excluding hydrogens is 685 g/mol. The number of hydrogen-bond donors (Lipinski definition) is 2. The molecule has 0 aromatic heterocycles. The molecule has 0 fully saturated rings. The van der Waals surface area contributed by atoms with Gasteiger partial charge in [0.05, 0.1) is 13.2 Å². The van der Waals surface area contributed by atoms with Crippen LogP contribution in [0, 0.1) is 0 Å².